The largest absolute Gasteiger partial charge is 0.379 e. The highest BCUT2D eigenvalue weighted by Crippen LogP contribution is 2.30. The number of carbonyl (C=O) groups is 2. The maximum atomic E-state index is 13.4. The van der Waals surface area contributed by atoms with Crippen LogP contribution in [-0.4, -0.2) is 78.7 Å². The van der Waals surface area contributed by atoms with E-state index in [1.165, 1.54) is 11.1 Å². The molecule has 2 aliphatic heterocycles. The number of fused-ring (bicyclic) bond motifs is 1. The number of nitriles is 1. The van der Waals surface area contributed by atoms with Gasteiger partial charge >= 0.3 is 6.03 Å². The van der Waals surface area contributed by atoms with Crippen LogP contribution >= 0.6 is 0 Å². The van der Waals surface area contributed by atoms with Gasteiger partial charge in [0.15, 0.2) is 6.29 Å². The first-order valence-corrected chi connectivity index (χ1v) is 13.4. The fourth-order valence-electron chi connectivity index (χ4n) is 5.51. The second kappa shape index (κ2) is 12.3. The Morgan fingerprint density at radius 1 is 1.30 bits per heavy atom. The monoisotopic (exact) mass is 545 g/mol. The minimum Gasteiger partial charge on any atom is -0.379 e. The van der Waals surface area contributed by atoms with Gasteiger partial charge in [0, 0.05) is 44.6 Å². The van der Waals surface area contributed by atoms with Crippen molar-refractivity contribution in [3.8, 4) is 6.07 Å². The lowest BCUT2D eigenvalue weighted by Gasteiger charge is -2.31. The van der Waals surface area contributed by atoms with Gasteiger partial charge in [-0.2, -0.15) is 5.26 Å². The molecule has 4 heterocycles. The van der Waals surface area contributed by atoms with Crippen molar-refractivity contribution >= 4 is 35.6 Å². The lowest BCUT2D eigenvalue weighted by atomic mass is 10.0. The Morgan fingerprint density at radius 3 is 2.95 bits per heavy atom. The molecule has 1 saturated heterocycles. The van der Waals surface area contributed by atoms with Crippen molar-refractivity contribution in [1.82, 2.24) is 14.9 Å². The summed E-state index contributed by atoms with van der Waals surface area (Å²) in [6.45, 7) is 1.91. The summed E-state index contributed by atoms with van der Waals surface area (Å²) in [5, 5.41) is 15.8. The van der Waals surface area contributed by atoms with Gasteiger partial charge in [0.1, 0.15) is 35.0 Å². The third kappa shape index (κ3) is 5.67. The molecule has 2 atom stereocenters. The number of aryl methyl sites for hydroxylation is 1. The summed E-state index contributed by atoms with van der Waals surface area (Å²) in [6, 6.07) is 5.32. The first-order valence-electron chi connectivity index (χ1n) is 13.4. The first-order chi connectivity index (χ1) is 19.5. The van der Waals surface area contributed by atoms with E-state index in [2.05, 4.69) is 26.7 Å². The minimum atomic E-state index is -0.434. The van der Waals surface area contributed by atoms with Gasteiger partial charge in [-0.15, -0.1) is 0 Å². The second-order valence-corrected chi connectivity index (χ2v) is 10.0. The zero-order valence-electron chi connectivity index (χ0n) is 22.3. The maximum absolute atomic E-state index is 13.4. The summed E-state index contributed by atoms with van der Waals surface area (Å²) >= 11 is 0. The number of nitrogens with one attached hydrogen (secondary N) is 2. The van der Waals surface area contributed by atoms with E-state index in [0.29, 0.717) is 79.5 Å². The highest BCUT2D eigenvalue weighted by atomic mass is 16.5. The predicted molar refractivity (Wildman–Crippen MR) is 146 cm³/mol. The van der Waals surface area contributed by atoms with Crippen molar-refractivity contribution in [1.29, 1.82) is 5.26 Å². The molecule has 0 aromatic carbocycles. The van der Waals surface area contributed by atoms with Crippen LogP contribution in [-0.2, 0) is 27.2 Å². The Kier molecular flexibility index (Phi) is 8.36. The standard InChI is InChI=1S/C28H31N7O5/c1-39-25-6-2-5-22(25)31-23-11-26(30-13-20(23)12-29)33-28(38)35-7-3-4-18-10-19(24(16-37)32-27(18)35)14-34-8-9-40-17-21(34)15-36/h10-11,13,16,22,25H,2-9,14,17H2,1H3,(H2,30,31,33,38)/t22-,25+/m1/s1. The molecule has 3 aliphatic rings. The first kappa shape index (κ1) is 27.3. The topological polar surface area (TPSA) is 150 Å². The number of hydrogen-bond donors (Lipinski definition) is 2. The lowest BCUT2D eigenvalue weighted by molar-refractivity contribution is 0.0718. The third-order valence-electron chi connectivity index (χ3n) is 7.59. The second-order valence-electron chi connectivity index (χ2n) is 10.0. The summed E-state index contributed by atoms with van der Waals surface area (Å²) in [5.74, 6) is 2.63. The molecule has 12 nitrogen and oxygen atoms in total. The van der Waals surface area contributed by atoms with Crippen molar-refractivity contribution in [3.05, 3.63) is 46.4 Å². The van der Waals surface area contributed by atoms with Gasteiger partial charge in [-0.05, 0) is 43.7 Å². The molecule has 2 aromatic heterocycles. The molecule has 2 fully saturated rings. The highest BCUT2D eigenvalue weighted by Gasteiger charge is 2.29. The Balaban J connectivity index is 1.35. The van der Waals surface area contributed by atoms with Gasteiger partial charge in [-0.3, -0.25) is 15.0 Å². The average molecular weight is 546 g/mol. The third-order valence-corrected chi connectivity index (χ3v) is 7.59. The average Bonchev–Trinajstić information content (AvgIpc) is 3.44. The molecule has 1 aliphatic carbocycles. The fourth-order valence-corrected chi connectivity index (χ4v) is 5.51. The number of anilines is 3. The predicted octanol–water partition coefficient (Wildman–Crippen LogP) is 2.67. The number of methoxy groups -OCH3 is 1. The number of carbonyl (C=O) groups excluding carboxylic acids is 3. The van der Waals surface area contributed by atoms with Crippen LogP contribution < -0.4 is 15.5 Å². The van der Waals surface area contributed by atoms with E-state index in [9.17, 15) is 19.6 Å². The van der Waals surface area contributed by atoms with Crippen molar-refractivity contribution < 1.29 is 23.9 Å². The molecule has 2 aromatic rings. The van der Waals surface area contributed by atoms with E-state index in [1.54, 1.807) is 13.2 Å². The molecule has 0 bridgehead atoms. The number of ether oxygens (including phenoxy) is 2. The maximum Gasteiger partial charge on any atom is 0.328 e. The lowest BCUT2D eigenvalue weighted by Crippen LogP contribution is -2.40. The van der Waals surface area contributed by atoms with Gasteiger partial charge in [0.05, 0.1) is 36.6 Å². The van der Waals surface area contributed by atoms with Crippen LogP contribution in [0.1, 0.15) is 52.9 Å². The van der Waals surface area contributed by atoms with Crippen molar-refractivity contribution in [2.24, 2.45) is 0 Å². The van der Waals surface area contributed by atoms with Gasteiger partial charge in [-0.25, -0.2) is 19.6 Å². The molecule has 12 heteroatoms. The van der Waals surface area contributed by atoms with E-state index >= 15 is 0 Å². The number of nitrogens with zero attached hydrogens (tertiary/aromatic N) is 5. The number of hydrogen-bond acceptors (Lipinski definition) is 10. The molecule has 2 amide bonds. The summed E-state index contributed by atoms with van der Waals surface area (Å²) in [6.07, 6.45) is 6.45. The molecule has 2 N–H and O–H groups in total. The summed E-state index contributed by atoms with van der Waals surface area (Å²) in [5.41, 5.74) is 3.09. The number of amides is 2. The van der Waals surface area contributed by atoms with E-state index in [0.717, 1.165) is 24.8 Å². The number of morpholine rings is 1. The smallest absolute Gasteiger partial charge is 0.328 e. The normalized spacial score (nSPS) is 20.4. The Morgan fingerprint density at radius 2 is 2.17 bits per heavy atom. The highest BCUT2D eigenvalue weighted by molar-refractivity contribution is 6.01. The van der Waals surface area contributed by atoms with E-state index in [4.69, 9.17) is 9.47 Å². The van der Waals surface area contributed by atoms with Gasteiger partial charge in [-0.1, -0.05) is 0 Å². The van der Waals surface area contributed by atoms with Crippen molar-refractivity contribution in [3.63, 3.8) is 0 Å². The van der Waals surface area contributed by atoms with Crippen molar-refractivity contribution in [2.75, 3.05) is 48.9 Å². The number of pyridine rings is 2. The molecule has 0 spiro atoms. The van der Waals surface area contributed by atoms with Gasteiger partial charge < -0.3 is 19.7 Å². The van der Waals surface area contributed by atoms with Crippen LogP contribution in [0, 0.1) is 11.3 Å². The van der Waals surface area contributed by atoms with E-state index in [1.807, 2.05) is 16.9 Å². The Bertz CT molecular complexity index is 1380. The number of urea groups is 1. The molecule has 40 heavy (non-hydrogen) atoms. The zero-order chi connectivity index (χ0) is 28.1. The van der Waals surface area contributed by atoms with Crippen LogP contribution in [0.25, 0.3) is 0 Å². The van der Waals surface area contributed by atoms with Gasteiger partial charge in [0.25, 0.3) is 0 Å². The number of aromatic nitrogens is 2. The SMILES string of the molecule is CO[C@H]1CCC[C@H]1Nc1cc(NC(=O)N2CCCc3cc(CN4CCOCC4=C=O)c(C=O)nc32)ncc1C#N. The summed E-state index contributed by atoms with van der Waals surface area (Å²) in [4.78, 5) is 48.9. The zero-order valence-corrected chi connectivity index (χ0v) is 22.3. The molecule has 0 radical (unpaired) electrons. The Hall–Kier alpha value is -4.30. The summed E-state index contributed by atoms with van der Waals surface area (Å²) in [7, 11) is 1.68. The van der Waals surface area contributed by atoms with Crippen LogP contribution in [0.3, 0.4) is 0 Å². The quantitative estimate of drug-likeness (QED) is 0.393. The van der Waals surface area contributed by atoms with E-state index in [-0.39, 0.29) is 24.4 Å². The van der Waals surface area contributed by atoms with E-state index < -0.39 is 6.03 Å². The number of rotatable bonds is 7. The molecular weight excluding hydrogens is 514 g/mol. The van der Waals surface area contributed by atoms with Crippen LogP contribution in [0.4, 0.5) is 22.1 Å². The molecule has 5 rings (SSSR count). The fraction of sp³-hybridized carbons (Fsp3) is 0.464. The Labute approximate surface area is 232 Å². The molecule has 1 saturated carbocycles. The minimum absolute atomic E-state index is 0.0508. The number of aldehydes is 1. The van der Waals surface area contributed by atoms with Crippen LogP contribution in [0.15, 0.2) is 24.0 Å². The summed E-state index contributed by atoms with van der Waals surface area (Å²) < 4.78 is 10.9. The van der Waals surface area contributed by atoms with Gasteiger partial charge in [0.2, 0.25) is 0 Å². The molecular formula is C28H31N7O5. The van der Waals surface area contributed by atoms with Crippen LogP contribution in [0.5, 0.6) is 0 Å². The van der Waals surface area contributed by atoms with Crippen molar-refractivity contribution in [2.45, 2.75) is 50.8 Å². The van der Waals surface area contributed by atoms with Crippen LogP contribution in [0.2, 0.25) is 0 Å². The molecule has 0 unspecified atom stereocenters. The molecule has 208 valence electrons.